The number of sulfonamides is 1. The Labute approximate surface area is 182 Å². The van der Waals surface area contributed by atoms with E-state index in [9.17, 15) is 18.0 Å². The molecule has 0 saturated heterocycles. The Morgan fingerprint density at radius 3 is 2.10 bits per heavy atom. The molecule has 2 amide bonds. The maximum absolute atomic E-state index is 13.2. The predicted octanol–water partition coefficient (Wildman–Crippen LogP) is 1.26. The molecule has 0 spiro atoms. The number of primary amides is 1. The lowest BCUT2D eigenvalue weighted by Crippen LogP contribution is -2.52. The van der Waals surface area contributed by atoms with Crippen LogP contribution in [0.15, 0.2) is 53.4 Å². The molecule has 1 atom stereocenters. The molecule has 2 rings (SSSR count). The molecule has 0 radical (unpaired) electrons. The summed E-state index contributed by atoms with van der Waals surface area (Å²) in [5.41, 5.74) is 11.5. The molecule has 0 aromatic heterocycles. The van der Waals surface area contributed by atoms with Crippen molar-refractivity contribution in [3.05, 3.63) is 48.5 Å². The van der Waals surface area contributed by atoms with Gasteiger partial charge >= 0.3 is 0 Å². The Balaban J connectivity index is 2.22. The first kappa shape index (κ1) is 24.3. The summed E-state index contributed by atoms with van der Waals surface area (Å²) >= 11 is 0. The van der Waals surface area contributed by atoms with Gasteiger partial charge in [-0.05, 0) is 48.7 Å². The zero-order chi connectivity index (χ0) is 23.0. The van der Waals surface area contributed by atoms with Crippen LogP contribution in [0.25, 0.3) is 11.1 Å². The van der Waals surface area contributed by atoms with Crippen LogP contribution < -0.4 is 21.3 Å². The number of hydrazine groups is 1. The first-order valence-electron chi connectivity index (χ1n) is 9.78. The molecule has 2 aromatic carbocycles. The quantitative estimate of drug-likeness (QED) is 0.444. The van der Waals surface area contributed by atoms with E-state index in [0.29, 0.717) is 6.42 Å². The largest absolute Gasteiger partial charge is 0.497 e. The second kappa shape index (κ2) is 10.9. The molecule has 168 valence electrons. The molecule has 2 aromatic rings. The summed E-state index contributed by atoms with van der Waals surface area (Å²) in [5.74, 6) is -0.508. The van der Waals surface area contributed by atoms with Crippen molar-refractivity contribution in [1.29, 1.82) is 0 Å². The van der Waals surface area contributed by atoms with Gasteiger partial charge in [-0.25, -0.2) is 13.8 Å². The van der Waals surface area contributed by atoms with Crippen LogP contribution in [-0.4, -0.2) is 50.8 Å². The second-order valence-corrected chi connectivity index (χ2v) is 8.74. The van der Waals surface area contributed by atoms with Crippen LogP contribution in [0.3, 0.4) is 0 Å². The highest BCUT2D eigenvalue weighted by molar-refractivity contribution is 7.89. The minimum atomic E-state index is -3.93. The number of hydrogen-bond acceptors (Lipinski definition) is 6. The average Bonchev–Trinajstić information content (AvgIpc) is 2.76. The van der Waals surface area contributed by atoms with Gasteiger partial charge in [-0.2, -0.15) is 4.31 Å². The van der Waals surface area contributed by atoms with E-state index in [1.165, 1.54) is 19.1 Å². The summed E-state index contributed by atoms with van der Waals surface area (Å²) < 4.78 is 32.7. The van der Waals surface area contributed by atoms with Crippen LogP contribution >= 0.6 is 0 Å². The minimum absolute atomic E-state index is 0.0861. The number of rotatable bonds is 11. The number of nitrogens with two attached hydrogens (primary N) is 1. The van der Waals surface area contributed by atoms with Crippen molar-refractivity contribution < 1.29 is 22.7 Å². The molecule has 4 N–H and O–H groups in total. The number of hydrogen-bond donors (Lipinski definition) is 3. The van der Waals surface area contributed by atoms with E-state index in [0.717, 1.165) is 21.2 Å². The SMILES string of the molecule is CCCN([C@@H](C)C(=O)NNCC(N)=O)S(=O)(=O)c1ccc(-c2ccc(OC)cc2)cc1. The maximum atomic E-state index is 13.2. The molecule has 9 nitrogen and oxygen atoms in total. The lowest BCUT2D eigenvalue weighted by atomic mass is 10.1. The van der Waals surface area contributed by atoms with Crippen LogP contribution in [0.5, 0.6) is 5.75 Å². The topological polar surface area (TPSA) is 131 Å². The van der Waals surface area contributed by atoms with Gasteiger partial charge in [0.2, 0.25) is 15.9 Å². The van der Waals surface area contributed by atoms with Gasteiger partial charge < -0.3 is 10.5 Å². The number of amides is 2. The lowest BCUT2D eigenvalue weighted by Gasteiger charge is -2.27. The average molecular weight is 449 g/mol. The van der Waals surface area contributed by atoms with Crippen molar-refractivity contribution in [3.63, 3.8) is 0 Å². The minimum Gasteiger partial charge on any atom is -0.497 e. The van der Waals surface area contributed by atoms with Crippen LogP contribution in [0, 0.1) is 0 Å². The van der Waals surface area contributed by atoms with Gasteiger partial charge in [-0.1, -0.05) is 31.2 Å². The number of methoxy groups -OCH3 is 1. The smallest absolute Gasteiger partial charge is 0.252 e. The van der Waals surface area contributed by atoms with Crippen LogP contribution in [0.4, 0.5) is 0 Å². The highest BCUT2D eigenvalue weighted by Crippen LogP contribution is 2.25. The Morgan fingerprint density at radius 1 is 1.06 bits per heavy atom. The lowest BCUT2D eigenvalue weighted by molar-refractivity contribution is -0.125. The summed E-state index contributed by atoms with van der Waals surface area (Å²) in [7, 11) is -2.34. The monoisotopic (exact) mass is 448 g/mol. The van der Waals surface area contributed by atoms with Gasteiger partial charge in [0.1, 0.15) is 11.8 Å². The predicted molar refractivity (Wildman–Crippen MR) is 117 cm³/mol. The molecule has 0 fully saturated rings. The summed E-state index contributed by atoms with van der Waals surface area (Å²) in [5, 5.41) is 0. The molecule has 0 aliphatic heterocycles. The van der Waals surface area contributed by atoms with Crippen LogP contribution in [0.2, 0.25) is 0 Å². The molecular weight excluding hydrogens is 420 g/mol. The Bertz CT molecular complexity index is 991. The van der Waals surface area contributed by atoms with Gasteiger partial charge in [0, 0.05) is 6.54 Å². The van der Waals surface area contributed by atoms with Crippen molar-refractivity contribution in [2.45, 2.75) is 31.2 Å². The number of carbonyl (C=O) groups is 2. The van der Waals surface area contributed by atoms with E-state index in [1.54, 1.807) is 19.2 Å². The number of benzene rings is 2. The molecule has 0 aliphatic rings. The fourth-order valence-corrected chi connectivity index (χ4v) is 4.62. The van der Waals surface area contributed by atoms with Gasteiger partial charge in [0.15, 0.2) is 0 Å². The highest BCUT2D eigenvalue weighted by Gasteiger charge is 2.32. The van der Waals surface area contributed by atoms with Crippen LogP contribution in [-0.2, 0) is 19.6 Å². The van der Waals surface area contributed by atoms with E-state index in [-0.39, 0.29) is 18.0 Å². The molecule has 31 heavy (non-hydrogen) atoms. The third-order valence-corrected chi connectivity index (χ3v) is 6.60. The maximum Gasteiger partial charge on any atom is 0.252 e. The van der Waals surface area contributed by atoms with E-state index in [4.69, 9.17) is 10.5 Å². The first-order chi connectivity index (χ1) is 14.7. The fourth-order valence-electron chi connectivity index (χ4n) is 2.93. The third-order valence-electron chi connectivity index (χ3n) is 4.61. The van der Waals surface area contributed by atoms with E-state index >= 15 is 0 Å². The molecule has 0 unspecified atom stereocenters. The number of ether oxygens (including phenoxy) is 1. The van der Waals surface area contributed by atoms with Gasteiger partial charge in [0.25, 0.3) is 5.91 Å². The zero-order valence-electron chi connectivity index (χ0n) is 17.8. The number of nitrogens with one attached hydrogen (secondary N) is 2. The van der Waals surface area contributed by atoms with Crippen molar-refractivity contribution in [2.75, 3.05) is 20.2 Å². The number of carbonyl (C=O) groups excluding carboxylic acids is 2. The van der Waals surface area contributed by atoms with Crippen molar-refractivity contribution in [2.24, 2.45) is 5.73 Å². The molecule has 0 heterocycles. The number of nitrogens with zero attached hydrogens (tertiary/aromatic N) is 1. The second-order valence-electron chi connectivity index (χ2n) is 6.85. The summed E-state index contributed by atoms with van der Waals surface area (Å²) in [4.78, 5) is 23.2. The summed E-state index contributed by atoms with van der Waals surface area (Å²) in [6.45, 7) is 3.21. The fraction of sp³-hybridized carbons (Fsp3) is 0.333. The van der Waals surface area contributed by atoms with Crippen molar-refractivity contribution >= 4 is 21.8 Å². The Hall–Kier alpha value is -2.95. The third kappa shape index (κ3) is 6.27. The molecule has 0 saturated carbocycles. The zero-order valence-corrected chi connectivity index (χ0v) is 18.6. The van der Waals surface area contributed by atoms with Gasteiger partial charge in [0.05, 0.1) is 18.6 Å². The normalized spacial score (nSPS) is 12.4. The summed E-state index contributed by atoms with van der Waals surface area (Å²) in [6, 6.07) is 12.9. The van der Waals surface area contributed by atoms with E-state index in [1.807, 2.05) is 31.2 Å². The van der Waals surface area contributed by atoms with Gasteiger partial charge in [-0.15, -0.1) is 0 Å². The molecule has 0 bridgehead atoms. The van der Waals surface area contributed by atoms with E-state index in [2.05, 4.69) is 10.9 Å². The molecular formula is C21H28N4O5S. The Kier molecular flexibility index (Phi) is 8.55. The van der Waals surface area contributed by atoms with Crippen LogP contribution in [0.1, 0.15) is 20.3 Å². The van der Waals surface area contributed by atoms with Crippen molar-refractivity contribution in [1.82, 2.24) is 15.2 Å². The Morgan fingerprint density at radius 2 is 1.61 bits per heavy atom. The van der Waals surface area contributed by atoms with Gasteiger partial charge in [-0.3, -0.25) is 15.0 Å². The highest BCUT2D eigenvalue weighted by atomic mass is 32.2. The standard InChI is InChI=1S/C21H28N4O5S/c1-4-13-25(15(2)21(27)24-23-14-20(22)26)31(28,29)19-11-7-17(8-12-19)16-5-9-18(30-3)10-6-16/h5-12,15,23H,4,13-14H2,1-3H3,(H2,22,26)(H,24,27)/t15-/m0/s1. The molecule has 0 aliphatic carbocycles. The van der Waals surface area contributed by atoms with Crippen molar-refractivity contribution in [3.8, 4) is 16.9 Å². The molecule has 10 heteroatoms. The van der Waals surface area contributed by atoms with E-state index < -0.39 is 27.9 Å². The first-order valence-corrected chi connectivity index (χ1v) is 11.2. The summed E-state index contributed by atoms with van der Waals surface area (Å²) in [6.07, 6.45) is 0.523.